The van der Waals surface area contributed by atoms with E-state index in [0.29, 0.717) is 0 Å². The van der Waals surface area contributed by atoms with Gasteiger partial charge in [-0.1, -0.05) is 13.8 Å². The van der Waals surface area contributed by atoms with Crippen LogP contribution in [-0.4, -0.2) is 42.4 Å². The van der Waals surface area contributed by atoms with Crippen molar-refractivity contribution in [2.24, 2.45) is 0 Å². The van der Waals surface area contributed by atoms with Crippen molar-refractivity contribution in [2.75, 3.05) is 0 Å². The Labute approximate surface area is 77.9 Å². The zero-order valence-corrected chi connectivity index (χ0v) is 10.9. The lowest BCUT2D eigenvalue weighted by Crippen LogP contribution is -2.62. The molecule has 1 heterocycles. The molecule has 1 aliphatic heterocycles. The minimum absolute atomic E-state index is 0.186. The molecule has 0 bridgehead atoms. The summed E-state index contributed by atoms with van der Waals surface area (Å²) in [5, 5.41) is 0. The Morgan fingerprint density at radius 1 is 1.18 bits per heavy atom. The van der Waals surface area contributed by atoms with Crippen LogP contribution in [0.15, 0.2) is 0 Å². The van der Waals surface area contributed by atoms with Crippen LogP contribution in [0.3, 0.4) is 0 Å². The molecule has 0 amide bonds. The number of nitrogens with zero attached hydrogens (tertiary/aromatic N) is 1. The first kappa shape index (κ1) is 9.83. The van der Waals surface area contributed by atoms with Crippen molar-refractivity contribution >= 4 is 38.5 Å². The van der Waals surface area contributed by atoms with E-state index in [2.05, 4.69) is 27.0 Å². The van der Waals surface area contributed by atoms with Crippen molar-refractivity contribution in [2.45, 2.75) is 25.9 Å². The van der Waals surface area contributed by atoms with Crippen molar-refractivity contribution in [3.8, 4) is 0 Å². The SMILES string of the molecule is CC[Si](CC)N1[Si]N[Si]N[Si]1. The highest BCUT2D eigenvalue weighted by Gasteiger charge is 2.21. The third kappa shape index (κ3) is 2.93. The highest BCUT2D eigenvalue weighted by atomic mass is 28.4. The van der Waals surface area contributed by atoms with Crippen LogP contribution in [0.4, 0.5) is 0 Å². The summed E-state index contributed by atoms with van der Waals surface area (Å²) in [4.78, 5) is 0. The van der Waals surface area contributed by atoms with E-state index in [-0.39, 0.29) is 8.96 Å². The Morgan fingerprint density at radius 3 is 2.18 bits per heavy atom. The van der Waals surface area contributed by atoms with Crippen LogP contribution in [0, 0.1) is 0 Å². The number of rotatable bonds is 3. The van der Waals surface area contributed by atoms with Gasteiger partial charge in [-0.2, -0.15) is 0 Å². The Kier molecular flexibility index (Phi) is 4.83. The molecular weight excluding hydrogens is 202 g/mol. The highest BCUT2D eigenvalue weighted by molar-refractivity contribution is 6.79. The lowest BCUT2D eigenvalue weighted by Gasteiger charge is -2.30. The van der Waals surface area contributed by atoms with Crippen molar-refractivity contribution in [3.05, 3.63) is 0 Å². The maximum absolute atomic E-state index is 3.39. The summed E-state index contributed by atoms with van der Waals surface area (Å²) in [7, 11) is 2.35. The standard InChI is InChI=1S/C4H12N3Si4/c1-3-11(4-2)7-9-5-8-6-10-7/h5-6H,3-4H2,1-2H3. The molecule has 1 saturated heterocycles. The van der Waals surface area contributed by atoms with Crippen LogP contribution in [-0.2, 0) is 0 Å². The lowest BCUT2D eigenvalue weighted by atomic mass is 10.9. The smallest absolute Gasteiger partial charge is 0.231 e. The minimum atomic E-state index is -0.186. The monoisotopic (exact) mass is 214 g/mol. The molecule has 7 radical (unpaired) electrons. The predicted octanol–water partition coefficient (Wildman–Crippen LogP) is -0.885. The van der Waals surface area contributed by atoms with Gasteiger partial charge < -0.3 is 13.2 Å². The second kappa shape index (κ2) is 5.40. The first-order valence-electron chi connectivity index (χ1n) is 3.79. The topological polar surface area (TPSA) is 27.3 Å². The second-order valence-corrected chi connectivity index (χ2v) is 10.1. The molecule has 7 heteroatoms. The molecule has 0 spiro atoms. The van der Waals surface area contributed by atoms with Crippen molar-refractivity contribution in [1.82, 2.24) is 13.2 Å². The normalized spacial score (nSPS) is 21.0. The van der Waals surface area contributed by atoms with Crippen molar-refractivity contribution in [1.29, 1.82) is 0 Å². The summed E-state index contributed by atoms with van der Waals surface area (Å²) in [6, 6.07) is 2.74. The Morgan fingerprint density at radius 2 is 1.73 bits per heavy atom. The fraction of sp³-hybridized carbons (Fsp3) is 1.00. The first-order chi connectivity index (χ1) is 5.38. The van der Waals surface area contributed by atoms with Gasteiger partial charge in [0.25, 0.3) is 0 Å². The summed E-state index contributed by atoms with van der Waals surface area (Å²) in [6.07, 6.45) is 0. The second-order valence-electron chi connectivity index (χ2n) is 2.21. The molecule has 0 aromatic heterocycles. The van der Waals surface area contributed by atoms with Crippen LogP contribution in [0.2, 0.25) is 12.1 Å². The van der Waals surface area contributed by atoms with E-state index in [9.17, 15) is 0 Å². The Hall–Kier alpha value is 0.748. The van der Waals surface area contributed by atoms with E-state index in [1.165, 1.54) is 12.1 Å². The van der Waals surface area contributed by atoms with Gasteiger partial charge in [-0.3, -0.25) is 0 Å². The van der Waals surface area contributed by atoms with Crippen LogP contribution < -0.4 is 9.30 Å². The third-order valence-corrected chi connectivity index (χ3v) is 9.44. The average molecular weight is 215 g/mol. The Balaban J connectivity index is 2.30. The van der Waals surface area contributed by atoms with Crippen LogP contribution in [0.1, 0.15) is 13.8 Å². The van der Waals surface area contributed by atoms with Gasteiger partial charge in [-0.05, 0) is 12.1 Å². The zero-order valence-electron chi connectivity index (χ0n) is 6.86. The molecular formula is C4H12N3Si4. The van der Waals surface area contributed by atoms with E-state index < -0.39 is 0 Å². The molecule has 0 saturated carbocycles. The Bertz CT molecular complexity index is 104. The minimum Gasteiger partial charge on any atom is -0.346 e. The van der Waals surface area contributed by atoms with Gasteiger partial charge in [0.15, 0.2) is 0 Å². The van der Waals surface area contributed by atoms with Gasteiger partial charge >= 0.3 is 0 Å². The molecule has 59 valence electrons. The fourth-order valence-electron chi connectivity index (χ4n) is 0.951. The van der Waals surface area contributed by atoms with Crippen LogP contribution >= 0.6 is 0 Å². The maximum Gasteiger partial charge on any atom is 0.231 e. The molecule has 1 rings (SSSR count). The van der Waals surface area contributed by atoms with E-state index in [1.54, 1.807) is 0 Å². The predicted molar refractivity (Wildman–Crippen MR) is 52.1 cm³/mol. The molecule has 11 heavy (non-hydrogen) atoms. The number of nitrogens with one attached hydrogen (secondary N) is 2. The first-order valence-corrected chi connectivity index (χ1v) is 8.55. The molecule has 1 aliphatic rings. The van der Waals surface area contributed by atoms with E-state index in [1.807, 2.05) is 0 Å². The van der Waals surface area contributed by atoms with Crippen LogP contribution in [0.25, 0.3) is 0 Å². The van der Waals surface area contributed by atoms with Crippen molar-refractivity contribution < 1.29 is 0 Å². The highest BCUT2D eigenvalue weighted by Crippen LogP contribution is 2.01. The molecule has 3 nitrogen and oxygen atoms in total. The van der Waals surface area contributed by atoms with E-state index >= 15 is 0 Å². The summed E-state index contributed by atoms with van der Waals surface area (Å²) in [5.41, 5.74) is 0. The largest absolute Gasteiger partial charge is 0.346 e. The maximum atomic E-state index is 3.39. The van der Waals surface area contributed by atoms with Crippen molar-refractivity contribution in [3.63, 3.8) is 0 Å². The van der Waals surface area contributed by atoms with E-state index in [4.69, 9.17) is 0 Å². The molecule has 0 aliphatic carbocycles. The zero-order chi connectivity index (χ0) is 8.10. The van der Waals surface area contributed by atoms with E-state index in [0.717, 1.165) is 29.5 Å². The summed E-state index contributed by atoms with van der Waals surface area (Å²) < 4.78 is 9.39. The van der Waals surface area contributed by atoms with Gasteiger partial charge in [-0.15, -0.1) is 0 Å². The molecule has 1 fully saturated rings. The molecule has 0 unspecified atom stereocenters. The third-order valence-electron chi connectivity index (χ3n) is 1.59. The van der Waals surface area contributed by atoms with Crippen LogP contribution in [0.5, 0.6) is 0 Å². The molecule has 0 aromatic carbocycles. The number of hydrogen-bond acceptors (Lipinski definition) is 3. The lowest BCUT2D eigenvalue weighted by molar-refractivity contribution is 0.947. The average Bonchev–Trinajstić information content (AvgIpc) is 2.09. The van der Waals surface area contributed by atoms with Gasteiger partial charge in [0, 0.05) is 0 Å². The molecule has 0 atom stereocenters. The van der Waals surface area contributed by atoms with Gasteiger partial charge in [0.05, 0.1) is 0 Å². The number of hydrogen-bond donors (Lipinski definition) is 2. The summed E-state index contributed by atoms with van der Waals surface area (Å²) >= 11 is 0. The molecule has 2 N–H and O–H groups in total. The quantitative estimate of drug-likeness (QED) is 0.597. The summed E-state index contributed by atoms with van der Waals surface area (Å²) in [6.45, 7) is 4.62. The molecule has 0 aromatic rings. The summed E-state index contributed by atoms with van der Waals surface area (Å²) in [5.74, 6) is 0. The fourth-order valence-corrected chi connectivity index (χ4v) is 9.64. The van der Waals surface area contributed by atoms with Gasteiger partial charge in [0.2, 0.25) is 29.5 Å². The van der Waals surface area contributed by atoms with Gasteiger partial charge in [-0.25, -0.2) is 0 Å². The van der Waals surface area contributed by atoms with Gasteiger partial charge in [0.1, 0.15) is 8.96 Å².